The van der Waals surface area contributed by atoms with Crippen molar-refractivity contribution >= 4 is 20.6 Å². The third-order valence-corrected chi connectivity index (χ3v) is 4.58. The maximum atomic E-state index is 12.6. The molecule has 1 unspecified atom stereocenters. The van der Waals surface area contributed by atoms with E-state index < -0.39 is 9.52 Å². The molecule has 1 aromatic carbocycles. The van der Waals surface area contributed by atoms with E-state index in [1.54, 1.807) is 18.5 Å². The molecule has 5 nitrogen and oxygen atoms in total. The van der Waals surface area contributed by atoms with Crippen molar-refractivity contribution in [3.8, 4) is 12.1 Å². The lowest BCUT2D eigenvalue weighted by Gasteiger charge is -2.15. The van der Waals surface area contributed by atoms with Crippen molar-refractivity contribution in [2.75, 3.05) is 6.26 Å². The Hall–Kier alpha value is -2.83. The Morgan fingerprint density at radius 2 is 1.83 bits per heavy atom. The Bertz CT molecular complexity index is 912. The van der Waals surface area contributed by atoms with Crippen molar-refractivity contribution in [1.29, 1.82) is 10.5 Å². The largest absolute Gasteiger partial charge is 0.342 e. The second kappa shape index (κ2) is 6.51. The van der Waals surface area contributed by atoms with Crippen LogP contribution in [0.15, 0.2) is 51.8 Å². The van der Waals surface area contributed by atoms with Gasteiger partial charge in [-0.25, -0.2) is 4.99 Å². The topological polar surface area (TPSA) is 89.0 Å². The summed E-state index contributed by atoms with van der Waals surface area (Å²) in [4.78, 5) is 4.45. The van der Waals surface area contributed by atoms with Crippen LogP contribution in [0.1, 0.15) is 18.1 Å². The number of nitrogens with zero attached hydrogens (tertiary/aromatic N) is 3. The summed E-state index contributed by atoms with van der Waals surface area (Å²) in [6, 6.07) is 11.4. The van der Waals surface area contributed by atoms with Gasteiger partial charge in [0.1, 0.15) is 23.5 Å². The summed E-state index contributed by atoms with van der Waals surface area (Å²) < 4.78 is 12.6. The number of hydrogen-bond donors (Lipinski definition) is 1. The number of benzene rings is 1. The molecular weight excluding hydrogens is 308 g/mol. The first kappa shape index (κ1) is 16.5. The highest BCUT2D eigenvalue weighted by atomic mass is 32.2. The number of aliphatic imine (C=N–C) groups is 1. The fourth-order valence-corrected chi connectivity index (χ4v) is 3.28. The van der Waals surface area contributed by atoms with E-state index in [1.165, 1.54) is 5.41 Å². The van der Waals surface area contributed by atoms with E-state index in [0.717, 1.165) is 11.1 Å². The predicted octanol–water partition coefficient (Wildman–Crippen LogP) is 2.22. The van der Waals surface area contributed by atoms with Crippen molar-refractivity contribution in [3.05, 3.63) is 57.9 Å². The molecule has 23 heavy (non-hydrogen) atoms. The van der Waals surface area contributed by atoms with Crippen LogP contribution in [0.4, 0.5) is 0 Å². The van der Waals surface area contributed by atoms with Gasteiger partial charge in [0.05, 0.1) is 5.71 Å². The minimum absolute atomic E-state index is 0.0323. The second-order valence-electron chi connectivity index (χ2n) is 5.30. The van der Waals surface area contributed by atoms with Crippen LogP contribution < -0.4 is 5.32 Å². The van der Waals surface area contributed by atoms with Crippen LogP contribution in [-0.2, 0) is 9.52 Å². The van der Waals surface area contributed by atoms with E-state index in [2.05, 4.69) is 10.3 Å². The molecule has 0 aromatic heterocycles. The normalized spacial score (nSPS) is 19.3. The van der Waals surface area contributed by atoms with Gasteiger partial charge < -0.3 is 5.32 Å². The standard InChI is InChI=1S/C17H16N4OS/c1-12-4-6-14(7-5-12)16-10-23(3,22)11-17(21-16)20-13(2)15(8-18)9-19/h4-7,10-11H,1-3H3,(H,20,21). The Balaban J connectivity index is 2.45. The lowest BCUT2D eigenvalue weighted by Crippen LogP contribution is -2.21. The molecule has 116 valence electrons. The molecule has 0 saturated heterocycles. The minimum Gasteiger partial charge on any atom is -0.342 e. The lowest BCUT2D eigenvalue weighted by molar-refractivity contribution is 0.689. The summed E-state index contributed by atoms with van der Waals surface area (Å²) in [5, 5.41) is 23.8. The molecule has 0 aliphatic carbocycles. The van der Waals surface area contributed by atoms with Gasteiger partial charge in [0, 0.05) is 28.3 Å². The van der Waals surface area contributed by atoms with Crippen molar-refractivity contribution in [3.63, 3.8) is 0 Å². The number of nitriles is 2. The quantitative estimate of drug-likeness (QED) is 0.682. The number of nitrogens with one attached hydrogen (secondary N) is 1. The average Bonchev–Trinajstić information content (AvgIpc) is 2.47. The summed E-state index contributed by atoms with van der Waals surface area (Å²) in [5.41, 5.74) is 2.94. The van der Waals surface area contributed by atoms with Gasteiger partial charge in [0.2, 0.25) is 0 Å². The molecule has 0 saturated carbocycles. The van der Waals surface area contributed by atoms with Crippen LogP contribution in [0.25, 0.3) is 0 Å². The first-order valence-corrected chi connectivity index (χ1v) is 8.93. The van der Waals surface area contributed by atoms with Crippen molar-refractivity contribution in [1.82, 2.24) is 5.32 Å². The zero-order chi connectivity index (χ0) is 17.0. The molecular formula is C17H16N4OS. The van der Waals surface area contributed by atoms with Gasteiger partial charge >= 0.3 is 0 Å². The highest BCUT2D eigenvalue weighted by Gasteiger charge is 2.13. The highest BCUT2D eigenvalue weighted by molar-refractivity contribution is 8.04. The minimum atomic E-state index is -2.34. The zero-order valence-electron chi connectivity index (χ0n) is 13.1. The van der Waals surface area contributed by atoms with E-state index in [1.807, 2.05) is 43.3 Å². The van der Waals surface area contributed by atoms with Crippen molar-refractivity contribution in [2.24, 2.45) is 4.99 Å². The summed E-state index contributed by atoms with van der Waals surface area (Å²) in [5.74, 6) is 0.371. The molecule has 1 aliphatic heterocycles. The molecule has 1 aliphatic rings. The van der Waals surface area contributed by atoms with Crippen LogP contribution in [0.3, 0.4) is 0 Å². The van der Waals surface area contributed by atoms with Crippen LogP contribution in [0, 0.1) is 29.6 Å². The number of hydrogen-bond acceptors (Lipinski definition) is 5. The smallest absolute Gasteiger partial charge is 0.148 e. The average molecular weight is 324 g/mol. The maximum absolute atomic E-state index is 12.6. The Kier molecular flexibility index (Phi) is 4.68. The molecule has 0 amide bonds. The molecule has 1 aromatic rings. The molecule has 0 bridgehead atoms. The van der Waals surface area contributed by atoms with E-state index >= 15 is 0 Å². The summed E-state index contributed by atoms with van der Waals surface area (Å²) >= 11 is 0. The van der Waals surface area contributed by atoms with Crippen LogP contribution in [-0.4, -0.2) is 21.5 Å². The molecule has 2 rings (SSSR count). The second-order valence-corrected chi connectivity index (χ2v) is 7.70. The molecule has 1 heterocycles. The molecule has 1 N–H and O–H groups in total. The maximum Gasteiger partial charge on any atom is 0.148 e. The van der Waals surface area contributed by atoms with Gasteiger partial charge in [-0.05, 0) is 23.4 Å². The van der Waals surface area contributed by atoms with Gasteiger partial charge in [-0.2, -0.15) is 10.5 Å². The monoisotopic (exact) mass is 324 g/mol. The van der Waals surface area contributed by atoms with Crippen molar-refractivity contribution < 1.29 is 4.21 Å². The van der Waals surface area contributed by atoms with E-state index in [4.69, 9.17) is 10.5 Å². The van der Waals surface area contributed by atoms with Gasteiger partial charge in [-0.3, -0.25) is 4.21 Å². The van der Waals surface area contributed by atoms with E-state index in [0.29, 0.717) is 17.2 Å². The summed E-state index contributed by atoms with van der Waals surface area (Å²) in [7, 11) is -2.34. The Labute approximate surface area is 136 Å². The van der Waals surface area contributed by atoms with E-state index in [-0.39, 0.29) is 5.57 Å². The molecule has 6 heteroatoms. The first-order chi connectivity index (χ1) is 10.8. The molecule has 0 spiro atoms. The molecule has 0 fully saturated rings. The predicted molar refractivity (Wildman–Crippen MR) is 93.0 cm³/mol. The zero-order valence-corrected chi connectivity index (χ0v) is 13.9. The summed E-state index contributed by atoms with van der Waals surface area (Å²) in [6.07, 6.45) is 1.62. The number of allylic oxidation sites excluding steroid dienone is 2. The van der Waals surface area contributed by atoms with Gasteiger partial charge in [-0.15, -0.1) is 0 Å². The SMILES string of the molecule is CC(NC1=CS(C)(=O)=CC(c2ccc(C)cc2)=N1)=C(C#N)C#N. The number of aryl methyl sites for hydroxylation is 1. The van der Waals surface area contributed by atoms with Crippen LogP contribution in [0.5, 0.6) is 0 Å². The van der Waals surface area contributed by atoms with Crippen molar-refractivity contribution in [2.45, 2.75) is 13.8 Å². The highest BCUT2D eigenvalue weighted by Crippen LogP contribution is 2.13. The van der Waals surface area contributed by atoms with Gasteiger partial charge in [0.25, 0.3) is 0 Å². The fraction of sp³-hybridized carbons (Fsp3) is 0.176. The van der Waals surface area contributed by atoms with Crippen LogP contribution in [0.2, 0.25) is 0 Å². The third kappa shape index (κ3) is 4.09. The molecule has 0 radical (unpaired) electrons. The van der Waals surface area contributed by atoms with Gasteiger partial charge in [-0.1, -0.05) is 29.8 Å². The Morgan fingerprint density at radius 1 is 1.22 bits per heavy atom. The Morgan fingerprint density at radius 3 is 2.39 bits per heavy atom. The van der Waals surface area contributed by atoms with E-state index in [9.17, 15) is 4.21 Å². The lowest BCUT2D eigenvalue weighted by atomic mass is 10.1. The van der Waals surface area contributed by atoms with Crippen LogP contribution >= 0.6 is 0 Å². The fourth-order valence-electron chi connectivity index (χ4n) is 2.02. The van der Waals surface area contributed by atoms with Gasteiger partial charge in [0.15, 0.2) is 0 Å². The summed E-state index contributed by atoms with van der Waals surface area (Å²) in [6.45, 7) is 3.60. The first-order valence-electron chi connectivity index (χ1n) is 6.84. The molecule has 1 atom stereocenters. The third-order valence-electron chi connectivity index (χ3n) is 3.19. The number of rotatable bonds is 3.